The maximum absolute atomic E-state index is 9.60. The third-order valence-electron chi connectivity index (χ3n) is 2.45. The van der Waals surface area contributed by atoms with Crippen molar-refractivity contribution in [2.75, 3.05) is 0 Å². The summed E-state index contributed by atoms with van der Waals surface area (Å²) in [5.74, 6) is 1.39. The van der Waals surface area contributed by atoms with E-state index < -0.39 is 0 Å². The Morgan fingerprint density at radius 3 is 2.08 bits per heavy atom. The van der Waals surface area contributed by atoms with Crippen molar-refractivity contribution >= 4 is 0 Å². The first-order chi connectivity index (χ1) is 5.56. The van der Waals surface area contributed by atoms with Gasteiger partial charge >= 0.3 is 0 Å². The fourth-order valence-electron chi connectivity index (χ4n) is 1.27. The van der Waals surface area contributed by atoms with Crippen LogP contribution in [0.15, 0.2) is 0 Å². The minimum atomic E-state index is -0.0673. The van der Waals surface area contributed by atoms with E-state index in [1.165, 1.54) is 6.42 Å². The monoisotopic (exact) mass is 172 g/mol. The number of aliphatic hydroxyl groups excluding tert-OH is 1. The quantitative estimate of drug-likeness (QED) is 0.652. The lowest BCUT2D eigenvalue weighted by atomic mass is 9.96. The highest BCUT2D eigenvalue weighted by atomic mass is 16.3. The van der Waals surface area contributed by atoms with E-state index in [-0.39, 0.29) is 6.10 Å². The molecule has 0 aromatic heterocycles. The Morgan fingerprint density at radius 1 is 1.08 bits per heavy atom. The zero-order chi connectivity index (χ0) is 9.56. The van der Waals surface area contributed by atoms with Gasteiger partial charge in [0.1, 0.15) is 0 Å². The Morgan fingerprint density at radius 2 is 1.67 bits per heavy atom. The fourth-order valence-corrected chi connectivity index (χ4v) is 1.27. The second kappa shape index (κ2) is 6.47. The van der Waals surface area contributed by atoms with Gasteiger partial charge < -0.3 is 5.11 Å². The van der Waals surface area contributed by atoms with Crippen LogP contribution in [-0.2, 0) is 0 Å². The molecule has 0 saturated heterocycles. The van der Waals surface area contributed by atoms with Gasteiger partial charge in [0, 0.05) is 0 Å². The summed E-state index contributed by atoms with van der Waals surface area (Å²) in [7, 11) is 0. The molecule has 74 valence electrons. The third-order valence-corrected chi connectivity index (χ3v) is 2.45. The SMILES string of the molecule is CCC(C)CC(O)CCC(C)C. The summed E-state index contributed by atoms with van der Waals surface area (Å²) >= 11 is 0. The molecule has 0 aliphatic carbocycles. The lowest BCUT2D eigenvalue weighted by Gasteiger charge is -2.15. The van der Waals surface area contributed by atoms with E-state index in [4.69, 9.17) is 0 Å². The van der Waals surface area contributed by atoms with Gasteiger partial charge in [0.2, 0.25) is 0 Å². The fraction of sp³-hybridized carbons (Fsp3) is 1.00. The smallest absolute Gasteiger partial charge is 0.0542 e. The molecule has 1 heteroatoms. The first-order valence-corrected chi connectivity index (χ1v) is 5.24. The molecule has 0 saturated carbocycles. The molecule has 0 heterocycles. The summed E-state index contributed by atoms with van der Waals surface area (Å²) in [6, 6.07) is 0. The molecule has 1 nitrogen and oxygen atoms in total. The van der Waals surface area contributed by atoms with Crippen molar-refractivity contribution in [3.63, 3.8) is 0 Å². The number of hydrogen-bond donors (Lipinski definition) is 1. The van der Waals surface area contributed by atoms with Crippen LogP contribution in [0.5, 0.6) is 0 Å². The normalized spacial score (nSPS) is 16.5. The number of rotatable bonds is 6. The van der Waals surface area contributed by atoms with Crippen LogP contribution in [0.3, 0.4) is 0 Å². The van der Waals surface area contributed by atoms with Crippen molar-refractivity contribution in [1.82, 2.24) is 0 Å². The lowest BCUT2D eigenvalue weighted by molar-refractivity contribution is 0.128. The van der Waals surface area contributed by atoms with Crippen molar-refractivity contribution in [1.29, 1.82) is 0 Å². The van der Waals surface area contributed by atoms with Crippen LogP contribution in [0.25, 0.3) is 0 Å². The minimum Gasteiger partial charge on any atom is -0.393 e. The molecule has 0 rings (SSSR count). The van der Waals surface area contributed by atoms with E-state index in [1.807, 2.05) is 0 Å². The van der Waals surface area contributed by atoms with Crippen LogP contribution in [0.2, 0.25) is 0 Å². The Hall–Kier alpha value is -0.0400. The molecule has 0 amide bonds. The van der Waals surface area contributed by atoms with Crippen LogP contribution in [0, 0.1) is 11.8 Å². The first kappa shape index (κ1) is 12.0. The summed E-state index contributed by atoms with van der Waals surface area (Å²) in [6.07, 6.45) is 4.21. The molecule has 0 aliphatic rings. The zero-order valence-corrected chi connectivity index (χ0v) is 9.01. The van der Waals surface area contributed by atoms with Gasteiger partial charge in [0.05, 0.1) is 6.10 Å². The van der Waals surface area contributed by atoms with Gasteiger partial charge in [-0.2, -0.15) is 0 Å². The lowest BCUT2D eigenvalue weighted by Crippen LogP contribution is -2.12. The summed E-state index contributed by atoms with van der Waals surface area (Å²) in [4.78, 5) is 0. The van der Waals surface area contributed by atoms with Gasteiger partial charge in [-0.05, 0) is 31.1 Å². The van der Waals surface area contributed by atoms with Crippen LogP contribution < -0.4 is 0 Å². The van der Waals surface area contributed by atoms with Gasteiger partial charge in [-0.1, -0.05) is 34.1 Å². The van der Waals surface area contributed by atoms with E-state index in [1.54, 1.807) is 0 Å². The van der Waals surface area contributed by atoms with Crippen molar-refractivity contribution in [2.24, 2.45) is 11.8 Å². The molecule has 12 heavy (non-hydrogen) atoms. The van der Waals surface area contributed by atoms with E-state index in [0.29, 0.717) is 5.92 Å². The van der Waals surface area contributed by atoms with Crippen molar-refractivity contribution < 1.29 is 5.11 Å². The van der Waals surface area contributed by atoms with Crippen LogP contribution in [-0.4, -0.2) is 11.2 Å². The molecule has 2 atom stereocenters. The van der Waals surface area contributed by atoms with Crippen molar-refractivity contribution in [3.05, 3.63) is 0 Å². The van der Waals surface area contributed by atoms with Crippen LogP contribution in [0.4, 0.5) is 0 Å². The molecule has 0 spiro atoms. The topological polar surface area (TPSA) is 20.2 Å². The summed E-state index contributed by atoms with van der Waals surface area (Å²) in [5.41, 5.74) is 0. The molecule has 1 N–H and O–H groups in total. The molecule has 0 aromatic rings. The largest absolute Gasteiger partial charge is 0.393 e. The Bertz CT molecular complexity index is 99.2. The maximum Gasteiger partial charge on any atom is 0.0542 e. The number of aliphatic hydroxyl groups is 1. The van der Waals surface area contributed by atoms with E-state index >= 15 is 0 Å². The molecule has 0 bridgehead atoms. The molecule has 0 fully saturated rings. The highest BCUT2D eigenvalue weighted by Gasteiger charge is 2.09. The average molecular weight is 172 g/mol. The number of hydrogen-bond acceptors (Lipinski definition) is 1. The van der Waals surface area contributed by atoms with Crippen molar-refractivity contribution in [2.45, 2.75) is 59.5 Å². The van der Waals surface area contributed by atoms with Gasteiger partial charge in [-0.3, -0.25) is 0 Å². The molecule has 2 unspecified atom stereocenters. The summed E-state index contributed by atoms with van der Waals surface area (Å²) in [5, 5.41) is 9.60. The van der Waals surface area contributed by atoms with Crippen LogP contribution in [0.1, 0.15) is 53.4 Å². The second-order valence-electron chi connectivity index (χ2n) is 4.37. The van der Waals surface area contributed by atoms with E-state index in [2.05, 4.69) is 27.7 Å². The van der Waals surface area contributed by atoms with Gasteiger partial charge in [-0.25, -0.2) is 0 Å². The third kappa shape index (κ3) is 6.66. The Kier molecular flexibility index (Phi) is 6.45. The van der Waals surface area contributed by atoms with E-state index in [9.17, 15) is 5.11 Å². The minimum absolute atomic E-state index is 0.0673. The van der Waals surface area contributed by atoms with Crippen molar-refractivity contribution in [3.8, 4) is 0 Å². The average Bonchev–Trinajstić information content (AvgIpc) is 2.00. The first-order valence-electron chi connectivity index (χ1n) is 5.24. The summed E-state index contributed by atoms with van der Waals surface area (Å²) in [6.45, 7) is 8.80. The van der Waals surface area contributed by atoms with Crippen LogP contribution >= 0.6 is 0 Å². The van der Waals surface area contributed by atoms with E-state index in [0.717, 1.165) is 25.2 Å². The summed E-state index contributed by atoms with van der Waals surface area (Å²) < 4.78 is 0. The molecular weight excluding hydrogens is 148 g/mol. The molecule has 0 aliphatic heterocycles. The predicted molar refractivity (Wildman–Crippen MR) is 54.2 cm³/mol. The Labute approximate surface area is 77.2 Å². The molecule has 0 aromatic carbocycles. The van der Waals surface area contributed by atoms with Gasteiger partial charge in [0.25, 0.3) is 0 Å². The predicted octanol–water partition coefficient (Wildman–Crippen LogP) is 3.22. The van der Waals surface area contributed by atoms with Gasteiger partial charge in [0.15, 0.2) is 0 Å². The standard InChI is InChI=1S/C11H24O/c1-5-10(4)8-11(12)7-6-9(2)3/h9-12H,5-8H2,1-4H3. The molecular formula is C11H24O. The Balaban J connectivity index is 3.39. The van der Waals surface area contributed by atoms with Gasteiger partial charge in [-0.15, -0.1) is 0 Å². The maximum atomic E-state index is 9.60. The molecule has 0 radical (unpaired) electrons. The highest BCUT2D eigenvalue weighted by Crippen LogP contribution is 2.15. The second-order valence-corrected chi connectivity index (χ2v) is 4.37. The zero-order valence-electron chi connectivity index (χ0n) is 9.01. The highest BCUT2D eigenvalue weighted by molar-refractivity contribution is 4.61.